The number of hydrogen-bond acceptors (Lipinski definition) is 4. The monoisotopic (exact) mass is 323 g/mol. The second kappa shape index (κ2) is 7.55. The number of aromatic nitrogens is 2. The van der Waals surface area contributed by atoms with Gasteiger partial charge in [0, 0.05) is 18.5 Å². The van der Waals surface area contributed by atoms with Crippen molar-refractivity contribution in [2.24, 2.45) is 0 Å². The number of halogens is 1. The number of hydrogen-bond donors (Lipinski definition) is 1. The summed E-state index contributed by atoms with van der Waals surface area (Å²) in [5.41, 5.74) is 1.62. The van der Waals surface area contributed by atoms with Gasteiger partial charge in [-0.25, -0.2) is 14.4 Å². The lowest BCUT2D eigenvalue weighted by molar-refractivity contribution is 0.304. The Morgan fingerprint density at radius 2 is 1.88 bits per heavy atom. The molecule has 0 saturated carbocycles. The Hall–Kier alpha value is -2.95. The molecule has 5 heteroatoms. The van der Waals surface area contributed by atoms with Gasteiger partial charge in [-0.1, -0.05) is 19.1 Å². The van der Waals surface area contributed by atoms with Gasteiger partial charge in [-0.3, -0.25) is 0 Å². The van der Waals surface area contributed by atoms with Gasteiger partial charge >= 0.3 is 0 Å². The minimum Gasteiger partial charge on any atom is -0.489 e. The van der Waals surface area contributed by atoms with Crippen LogP contribution in [0.1, 0.15) is 18.1 Å². The predicted molar refractivity (Wildman–Crippen MR) is 91.9 cm³/mol. The Bertz CT molecular complexity index is 809. The zero-order chi connectivity index (χ0) is 16.8. The maximum absolute atomic E-state index is 13.8. The quantitative estimate of drug-likeness (QED) is 0.725. The average molecular weight is 323 g/mol. The van der Waals surface area contributed by atoms with Crippen LogP contribution in [0, 0.1) is 5.82 Å². The molecule has 0 bridgehead atoms. The highest BCUT2D eigenvalue weighted by molar-refractivity contribution is 5.51. The molecular weight excluding hydrogens is 305 g/mol. The summed E-state index contributed by atoms with van der Waals surface area (Å²) in [6, 6.07) is 14.3. The Balaban J connectivity index is 1.65. The molecule has 0 saturated heterocycles. The fourth-order valence-corrected chi connectivity index (χ4v) is 2.27. The molecule has 4 nitrogen and oxygen atoms in total. The standard InChI is InChI=1S/C19H18FN3O/c1-2-15-6-7-16(12-17(15)20)24-13-14-8-10-22-19(11-14)23-18-5-3-4-9-21-18/h3-12H,2,13H2,1H3,(H,21,22,23). The molecule has 3 aromatic rings. The Kier molecular flexibility index (Phi) is 5.01. The van der Waals surface area contributed by atoms with Gasteiger partial charge in [0.1, 0.15) is 29.8 Å². The Labute approximate surface area is 140 Å². The second-order valence-corrected chi connectivity index (χ2v) is 5.28. The number of aryl methyl sites for hydroxylation is 1. The molecular formula is C19H18FN3O. The maximum atomic E-state index is 13.8. The van der Waals surface area contributed by atoms with Crippen molar-refractivity contribution in [1.29, 1.82) is 0 Å². The van der Waals surface area contributed by atoms with Gasteiger partial charge in [0.05, 0.1) is 0 Å². The summed E-state index contributed by atoms with van der Waals surface area (Å²) in [6.45, 7) is 2.26. The van der Waals surface area contributed by atoms with E-state index in [9.17, 15) is 4.39 Å². The minimum atomic E-state index is -0.234. The van der Waals surface area contributed by atoms with E-state index in [1.807, 2.05) is 37.3 Å². The Morgan fingerprint density at radius 3 is 2.62 bits per heavy atom. The molecule has 0 atom stereocenters. The molecule has 0 fully saturated rings. The van der Waals surface area contributed by atoms with Gasteiger partial charge in [-0.15, -0.1) is 0 Å². The number of nitrogens with one attached hydrogen (secondary N) is 1. The molecule has 0 spiro atoms. The molecule has 0 aliphatic carbocycles. The highest BCUT2D eigenvalue weighted by atomic mass is 19.1. The third-order valence-electron chi connectivity index (χ3n) is 3.56. The lowest BCUT2D eigenvalue weighted by Gasteiger charge is -2.09. The topological polar surface area (TPSA) is 47.0 Å². The molecule has 122 valence electrons. The highest BCUT2D eigenvalue weighted by Crippen LogP contribution is 2.19. The summed E-state index contributed by atoms with van der Waals surface area (Å²) >= 11 is 0. The van der Waals surface area contributed by atoms with Crippen LogP contribution >= 0.6 is 0 Å². The largest absolute Gasteiger partial charge is 0.489 e. The first-order valence-corrected chi connectivity index (χ1v) is 7.79. The van der Waals surface area contributed by atoms with Crippen molar-refractivity contribution >= 4 is 11.6 Å². The van der Waals surface area contributed by atoms with Crippen LogP contribution in [0.4, 0.5) is 16.0 Å². The summed E-state index contributed by atoms with van der Waals surface area (Å²) < 4.78 is 19.4. The first kappa shape index (κ1) is 15.9. The van der Waals surface area contributed by atoms with Gasteiger partial charge < -0.3 is 10.1 Å². The van der Waals surface area contributed by atoms with Crippen LogP contribution in [0.3, 0.4) is 0 Å². The third kappa shape index (κ3) is 4.07. The summed E-state index contributed by atoms with van der Waals surface area (Å²) in [4.78, 5) is 8.46. The number of ether oxygens (including phenoxy) is 1. The molecule has 1 aromatic carbocycles. The molecule has 0 unspecified atom stereocenters. The van der Waals surface area contributed by atoms with Crippen LogP contribution in [0.25, 0.3) is 0 Å². The van der Waals surface area contributed by atoms with Gasteiger partial charge in [0.25, 0.3) is 0 Å². The summed E-state index contributed by atoms with van der Waals surface area (Å²) in [5.74, 6) is 1.69. The molecule has 0 amide bonds. The van der Waals surface area contributed by atoms with E-state index in [2.05, 4.69) is 15.3 Å². The zero-order valence-electron chi connectivity index (χ0n) is 13.4. The van der Waals surface area contributed by atoms with Crippen LogP contribution in [0.5, 0.6) is 5.75 Å². The maximum Gasteiger partial charge on any atom is 0.131 e. The SMILES string of the molecule is CCc1ccc(OCc2ccnc(Nc3ccccn3)c2)cc1F. The van der Waals surface area contributed by atoms with E-state index in [0.717, 1.165) is 11.4 Å². The number of anilines is 2. The molecule has 0 radical (unpaired) electrons. The van der Waals surface area contributed by atoms with Gasteiger partial charge in [-0.2, -0.15) is 0 Å². The molecule has 2 aromatic heterocycles. The number of benzene rings is 1. The van der Waals surface area contributed by atoms with Crippen LogP contribution < -0.4 is 10.1 Å². The van der Waals surface area contributed by atoms with E-state index in [4.69, 9.17) is 4.74 Å². The van der Waals surface area contributed by atoms with E-state index in [1.54, 1.807) is 24.5 Å². The fraction of sp³-hybridized carbons (Fsp3) is 0.158. The van der Waals surface area contributed by atoms with Gasteiger partial charge in [-0.05, 0) is 47.9 Å². The molecule has 0 aliphatic heterocycles. The number of rotatable bonds is 6. The van der Waals surface area contributed by atoms with Gasteiger partial charge in [0.15, 0.2) is 0 Å². The van der Waals surface area contributed by atoms with Crippen molar-refractivity contribution in [2.75, 3.05) is 5.32 Å². The summed E-state index contributed by atoms with van der Waals surface area (Å²) in [6.07, 6.45) is 4.08. The summed E-state index contributed by atoms with van der Waals surface area (Å²) in [5, 5.41) is 3.13. The molecule has 1 N–H and O–H groups in total. The summed E-state index contributed by atoms with van der Waals surface area (Å²) in [7, 11) is 0. The molecule has 3 rings (SSSR count). The first-order chi connectivity index (χ1) is 11.7. The first-order valence-electron chi connectivity index (χ1n) is 7.79. The van der Waals surface area contributed by atoms with E-state index in [1.165, 1.54) is 6.07 Å². The van der Waals surface area contributed by atoms with Crippen LogP contribution in [0.2, 0.25) is 0 Å². The average Bonchev–Trinajstić information content (AvgIpc) is 2.61. The van der Waals surface area contributed by atoms with Crippen LogP contribution in [-0.4, -0.2) is 9.97 Å². The second-order valence-electron chi connectivity index (χ2n) is 5.28. The van der Waals surface area contributed by atoms with Crippen molar-refractivity contribution in [2.45, 2.75) is 20.0 Å². The van der Waals surface area contributed by atoms with E-state index in [0.29, 0.717) is 30.2 Å². The lowest BCUT2D eigenvalue weighted by Crippen LogP contribution is -2.00. The van der Waals surface area contributed by atoms with E-state index >= 15 is 0 Å². The van der Waals surface area contributed by atoms with Crippen molar-refractivity contribution in [3.8, 4) is 5.75 Å². The van der Waals surface area contributed by atoms with E-state index < -0.39 is 0 Å². The number of pyridine rings is 2. The van der Waals surface area contributed by atoms with Crippen LogP contribution in [0.15, 0.2) is 60.9 Å². The van der Waals surface area contributed by atoms with Crippen molar-refractivity contribution in [1.82, 2.24) is 9.97 Å². The predicted octanol–water partition coefficient (Wildman–Crippen LogP) is 4.50. The van der Waals surface area contributed by atoms with E-state index in [-0.39, 0.29) is 5.82 Å². The molecule has 24 heavy (non-hydrogen) atoms. The van der Waals surface area contributed by atoms with Crippen molar-refractivity contribution < 1.29 is 9.13 Å². The lowest BCUT2D eigenvalue weighted by atomic mass is 10.1. The smallest absolute Gasteiger partial charge is 0.131 e. The van der Waals surface area contributed by atoms with Crippen molar-refractivity contribution in [3.05, 3.63) is 77.9 Å². The molecule has 0 aliphatic rings. The zero-order valence-corrected chi connectivity index (χ0v) is 13.4. The highest BCUT2D eigenvalue weighted by Gasteiger charge is 2.04. The number of nitrogens with zero attached hydrogens (tertiary/aromatic N) is 2. The van der Waals surface area contributed by atoms with Crippen molar-refractivity contribution in [3.63, 3.8) is 0 Å². The normalized spacial score (nSPS) is 10.4. The molecule has 2 heterocycles. The Morgan fingerprint density at radius 1 is 1.00 bits per heavy atom. The van der Waals surface area contributed by atoms with Crippen LogP contribution in [-0.2, 0) is 13.0 Å². The minimum absolute atomic E-state index is 0.234. The van der Waals surface area contributed by atoms with Gasteiger partial charge in [0.2, 0.25) is 0 Å². The fourth-order valence-electron chi connectivity index (χ4n) is 2.27. The third-order valence-corrected chi connectivity index (χ3v) is 3.56.